The third-order valence-corrected chi connectivity index (χ3v) is 6.17. The van der Waals surface area contributed by atoms with Crippen LogP contribution in [0.25, 0.3) is 10.2 Å². The molecule has 1 aromatic carbocycles. The predicted octanol–water partition coefficient (Wildman–Crippen LogP) is 2.98. The lowest BCUT2D eigenvalue weighted by molar-refractivity contribution is -0.143. The summed E-state index contributed by atoms with van der Waals surface area (Å²) in [6.07, 6.45) is 0.892. The number of carboxylic acid groups (broad SMARTS) is 1. The SMILES string of the molecule is CC(=O)C(N)=O.CCc1cc2c(OCC(=O)N[C@H](C(=O)O)C(C)C)csc2n1Cc1ccccc1. The second kappa shape index (κ2) is 12.7. The maximum absolute atomic E-state index is 12.2. The summed E-state index contributed by atoms with van der Waals surface area (Å²) in [6.45, 7) is 7.32. The zero-order valence-electron chi connectivity index (χ0n) is 20.2. The summed E-state index contributed by atoms with van der Waals surface area (Å²) in [5.74, 6) is -2.52. The number of benzene rings is 1. The van der Waals surface area contributed by atoms with Crippen LogP contribution in [-0.2, 0) is 32.1 Å². The van der Waals surface area contributed by atoms with Gasteiger partial charge in [-0.25, -0.2) is 4.79 Å². The average Bonchev–Trinajstić information content (AvgIpc) is 3.36. The number of thiophene rings is 1. The van der Waals surface area contributed by atoms with Gasteiger partial charge in [-0.1, -0.05) is 51.1 Å². The highest BCUT2D eigenvalue weighted by Crippen LogP contribution is 2.35. The Kier molecular flexibility index (Phi) is 10.0. The maximum atomic E-state index is 12.2. The molecular formula is C25H31N3O6S. The molecule has 3 aromatic rings. The van der Waals surface area contributed by atoms with Crippen molar-refractivity contribution in [2.24, 2.45) is 11.7 Å². The van der Waals surface area contributed by atoms with Crippen molar-refractivity contribution in [1.29, 1.82) is 0 Å². The van der Waals surface area contributed by atoms with Gasteiger partial charge in [0, 0.05) is 24.5 Å². The topological polar surface area (TPSA) is 141 Å². The molecule has 188 valence electrons. The Labute approximate surface area is 207 Å². The number of aromatic nitrogens is 1. The minimum absolute atomic E-state index is 0.205. The molecule has 9 nitrogen and oxygen atoms in total. The number of nitrogens with zero attached hydrogens (tertiary/aromatic N) is 1. The number of rotatable bonds is 10. The van der Waals surface area contributed by atoms with Gasteiger partial charge < -0.3 is 25.5 Å². The van der Waals surface area contributed by atoms with Crippen LogP contribution in [0, 0.1) is 5.92 Å². The Morgan fingerprint density at radius 1 is 1.17 bits per heavy atom. The van der Waals surface area contributed by atoms with Gasteiger partial charge in [0.05, 0.1) is 5.39 Å². The molecule has 0 aliphatic rings. The van der Waals surface area contributed by atoms with E-state index in [1.807, 2.05) is 23.6 Å². The Bertz CT molecular complexity index is 1170. The summed E-state index contributed by atoms with van der Waals surface area (Å²) in [5, 5.41) is 14.6. The highest BCUT2D eigenvalue weighted by molar-refractivity contribution is 7.17. The lowest BCUT2D eigenvalue weighted by Gasteiger charge is -2.17. The fourth-order valence-electron chi connectivity index (χ4n) is 3.27. The molecule has 35 heavy (non-hydrogen) atoms. The molecule has 4 N–H and O–H groups in total. The number of aliphatic carboxylic acids is 1. The lowest BCUT2D eigenvalue weighted by atomic mass is 10.1. The fraction of sp³-hybridized carbons (Fsp3) is 0.360. The van der Waals surface area contributed by atoms with Crippen LogP contribution in [-0.4, -0.2) is 45.9 Å². The van der Waals surface area contributed by atoms with Gasteiger partial charge in [0.2, 0.25) is 5.78 Å². The van der Waals surface area contributed by atoms with E-state index in [1.165, 1.54) is 11.3 Å². The van der Waals surface area contributed by atoms with E-state index in [0.717, 1.165) is 30.1 Å². The molecule has 0 spiro atoms. The molecule has 0 saturated heterocycles. The standard InChI is InChI=1S/C22H26N2O4S.C3H5NO2/c1-4-16-10-17-18(28-12-19(25)23-20(14(2)3)22(26)27)13-29-21(17)24(16)11-15-8-6-5-7-9-15;1-2(5)3(4)6/h5-10,13-14,20H,4,11-12H2,1-3H3,(H,23,25)(H,26,27);1H3,(H2,4,6)/t20-;/m0./s1. The number of hydrogen-bond acceptors (Lipinski definition) is 6. The quantitative estimate of drug-likeness (QED) is 0.365. The van der Waals surface area contributed by atoms with E-state index in [1.54, 1.807) is 25.2 Å². The van der Waals surface area contributed by atoms with Crippen LogP contribution in [0.4, 0.5) is 0 Å². The number of nitrogens with two attached hydrogens (primary N) is 1. The van der Waals surface area contributed by atoms with Crippen molar-refractivity contribution >= 4 is 45.1 Å². The number of hydrogen-bond donors (Lipinski definition) is 3. The zero-order chi connectivity index (χ0) is 26.1. The van der Waals surface area contributed by atoms with Crippen molar-refractivity contribution in [3.63, 3.8) is 0 Å². The van der Waals surface area contributed by atoms with E-state index >= 15 is 0 Å². The fourth-order valence-corrected chi connectivity index (χ4v) is 4.28. The normalized spacial score (nSPS) is 11.5. The summed E-state index contributed by atoms with van der Waals surface area (Å²) in [4.78, 5) is 43.8. The molecular weight excluding hydrogens is 470 g/mol. The van der Waals surface area contributed by atoms with Crippen molar-refractivity contribution < 1.29 is 29.0 Å². The minimum atomic E-state index is -1.04. The lowest BCUT2D eigenvalue weighted by Crippen LogP contribution is -2.46. The first kappa shape index (κ1) is 27.6. The van der Waals surface area contributed by atoms with Crippen molar-refractivity contribution in [3.05, 3.63) is 53.0 Å². The summed E-state index contributed by atoms with van der Waals surface area (Å²) in [7, 11) is 0. The number of amides is 2. The monoisotopic (exact) mass is 501 g/mol. The van der Waals surface area contributed by atoms with E-state index < -0.39 is 29.6 Å². The third-order valence-electron chi connectivity index (χ3n) is 5.18. The van der Waals surface area contributed by atoms with Gasteiger partial charge in [0.25, 0.3) is 11.8 Å². The second-order valence-corrected chi connectivity index (χ2v) is 9.07. The minimum Gasteiger partial charge on any atom is -0.482 e. The molecule has 0 aliphatic carbocycles. The van der Waals surface area contributed by atoms with Crippen molar-refractivity contribution in [2.75, 3.05) is 6.61 Å². The van der Waals surface area contributed by atoms with E-state index in [4.69, 9.17) is 4.74 Å². The largest absolute Gasteiger partial charge is 0.482 e. The summed E-state index contributed by atoms with van der Waals surface area (Å²) >= 11 is 1.58. The van der Waals surface area contributed by atoms with Gasteiger partial charge in [-0.3, -0.25) is 14.4 Å². The van der Waals surface area contributed by atoms with Gasteiger partial charge in [-0.15, -0.1) is 11.3 Å². The van der Waals surface area contributed by atoms with Gasteiger partial charge in [-0.2, -0.15) is 0 Å². The van der Waals surface area contributed by atoms with Gasteiger partial charge in [-0.05, 0) is 24.0 Å². The maximum Gasteiger partial charge on any atom is 0.326 e. The number of carbonyl (C=O) groups excluding carboxylic acids is 3. The first-order valence-electron chi connectivity index (χ1n) is 11.1. The molecule has 0 fully saturated rings. The zero-order valence-corrected chi connectivity index (χ0v) is 21.1. The van der Waals surface area contributed by atoms with E-state index in [-0.39, 0.29) is 12.5 Å². The van der Waals surface area contributed by atoms with Crippen molar-refractivity contribution in [1.82, 2.24) is 9.88 Å². The third kappa shape index (κ3) is 7.68. The molecule has 2 heterocycles. The Morgan fingerprint density at radius 3 is 2.31 bits per heavy atom. The Hall–Kier alpha value is -3.66. The van der Waals surface area contributed by atoms with E-state index in [2.05, 4.69) is 40.7 Å². The molecule has 10 heteroatoms. The molecule has 1 atom stereocenters. The van der Waals surface area contributed by atoms with Crippen LogP contribution in [0.5, 0.6) is 5.75 Å². The van der Waals surface area contributed by atoms with Crippen LogP contribution in [0.1, 0.15) is 39.0 Å². The van der Waals surface area contributed by atoms with E-state index in [0.29, 0.717) is 5.75 Å². The number of carboxylic acids is 1. The van der Waals surface area contributed by atoms with Crippen molar-refractivity contribution in [2.45, 2.75) is 46.7 Å². The van der Waals surface area contributed by atoms with Crippen molar-refractivity contribution in [3.8, 4) is 5.75 Å². The number of fused-ring (bicyclic) bond motifs is 1. The molecule has 0 bridgehead atoms. The summed E-state index contributed by atoms with van der Waals surface area (Å²) in [5.41, 5.74) is 6.88. The van der Waals surface area contributed by atoms with Crippen LogP contribution in [0.2, 0.25) is 0 Å². The van der Waals surface area contributed by atoms with E-state index in [9.17, 15) is 24.3 Å². The van der Waals surface area contributed by atoms with Crippen LogP contribution < -0.4 is 15.8 Å². The Morgan fingerprint density at radius 2 is 1.80 bits per heavy atom. The first-order chi connectivity index (χ1) is 16.5. The molecule has 2 aromatic heterocycles. The van der Waals surface area contributed by atoms with Crippen LogP contribution in [0.15, 0.2) is 41.8 Å². The molecule has 0 saturated carbocycles. The summed E-state index contributed by atoms with van der Waals surface area (Å²) < 4.78 is 8.02. The number of Topliss-reactive ketones (excluding diaryl/α,β-unsaturated/α-hetero) is 1. The Balaban J connectivity index is 0.000000641. The predicted molar refractivity (Wildman–Crippen MR) is 135 cm³/mol. The highest BCUT2D eigenvalue weighted by atomic mass is 32.1. The van der Waals surface area contributed by atoms with Gasteiger partial charge >= 0.3 is 5.97 Å². The number of nitrogens with one attached hydrogen (secondary N) is 1. The van der Waals surface area contributed by atoms with Gasteiger partial charge in [0.1, 0.15) is 16.6 Å². The average molecular weight is 502 g/mol. The molecule has 3 rings (SSSR count). The number of primary amides is 1. The van der Waals surface area contributed by atoms with Crippen LogP contribution >= 0.6 is 11.3 Å². The highest BCUT2D eigenvalue weighted by Gasteiger charge is 2.24. The molecule has 2 amide bonds. The smallest absolute Gasteiger partial charge is 0.326 e. The number of aryl methyl sites for hydroxylation is 1. The molecule has 0 unspecified atom stereocenters. The number of carbonyl (C=O) groups is 4. The number of ketones is 1. The van der Waals surface area contributed by atoms with Crippen LogP contribution in [0.3, 0.4) is 0 Å². The number of ether oxygens (including phenoxy) is 1. The first-order valence-corrected chi connectivity index (χ1v) is 12.0. The molecule has 0 aliphatic heterocycles. The van der Waals surface area contributed by atoms with Gasteiger partial charge in [0.15, 0.2) is 6.61 Å². The molecule has 0 radical (unpaired) electrons. The summed E-state index contributed by atoms with van der Waals surface area (Å²) in [6, 6.07) is 11.5. The second-order valence-electron chi connectivity index (χ2n) is 8.22.